The first kappa shape index (κ1) is 12.0. The molecule has 0 bridgehead atoms. The summed E-state index contributed by atoms with van der Waals surface area (Å²) in [7, 11) is 0. The Morgan fingerprint density at radius 1 is 1.36 bits per heavy atom. The van der Waals surface area contributed by atoms with Crippen molar-refractivity contribution in [1.29, 1.82) is 0 Å². The smallest absolute Gasteiger partial charge is 0.0599 e. The largest absolute Gasteiger partial charge is 0.393 e. The first-order valence-corrected chi connectivity index (χ1v) is 5.98. The van der Waals surface area contributed by atoms with E-state index in [-0.39, 0.29) is 6.10 Å². The van der Waals surface area contributed by atoms with Gasteiger partial charge in [-0.15, -0.1) is 0 Å². The predicted octanol–water partition coefficient (Wildman–Crippen LogP) is 2.74. The van der Waals surface area contributed by atoms with Crippen molar-refractivity contribution in [2.45, 2.75) is 64.6 Å². The van der Waals surface area contributed by atoms with E-state index in [4.69, 9.17) is 4.74 Å². The molecule has 0 radical (unpaired) electrons. The molecule has 1 aliphatic carbocycles. The van der Waals surface area contributed by atoms with Gasteiger partial charge < -0.3 is 9.84 Å². The maximum atomic E-state index is 9.44. The van der Waals surface area contributed by atoms with Gasteiger partial charge in [0.05, 0.1) is 12.2 Å². The molecule has 2 heteroatoms. The maximum absolute atomic E-state index is 9.44. The molecule has 2 atom stereocenters. The molecule has 0 aliphatic heterocycles. The molecular weight excluding hydrogens is 176 g/mol. The van der Waals surface area contributed by atoms with Gasteiger partial charge in [0.15, 0.2) is 0 Å². The van der Waals surface area contributed by atoms with Gasteiger partial charge >= 0.3 is 0 Å². The molecule has 0 amide bonds. The van der Waals surface area contributed by atoms with Gasteiger partial charge in [-0.25, -0.2) is 0 Å². The van der Waals surface area contributed by atoms with Crippen molar-refractivity contribution in [3.8, 4) is 0 Å². The molecular formula is C12H24O2. The van der Waals surface area contributed by atoms with Crippen molar-refractivity contribution in [2.24, 2.45) is 5.92 Å². The number of ether oxygens (including phenoxy) is 1. The Morgan fingerprint density at radius 3 is 2.79 bits per heavy atom. The first-order chi connectivity index (χ1) is 6.68. The van der Waals surface area contributed by atoms with Gasteiger partial charge in [-0.1, -0.05) is 13.8 Å². The van der Waals surface area contributed by atoms with Crippen LogP contribution in [0.25, 0.3) is 0 Å². The van der Waals surface area contributed by atoms with E-state index < -0.39 is 0 Å². The highest BCUT2D eigenvalue weighted by Gasteiger charge is 2.20. The second kappa shape index (κ2) is 6.41. The standard InChI is InChI=1S/C12H24O2/c1-10(2)5-4-8-14-12-7-3-6-11(13)9-12/h10-13H,3-9H2,1-2H3. The van der Waals surface area contributed by atoms with Gasteiger partial charge in [-0.05, 0) is 44.4 Å². The molecule has 2 unspecified atom stereocenters. The Hall–Kier alpha value is -0.0800. The zero-order chi connectivity index (χ0) is 10.4. The summed E-state index contributed by atoms with van der Waals surface area (Å²) < 4.78 is 5.74. The molecule has 0 aromatic rings. The van der Waals surface area contributed by atoms with E-state index in [1.54, 1.807) is 0 Å². The van der Waals surface area contributed by atoms with Crippen LogP contribution in [-0.2, 0) is 4.74 Å². The van der Waals surface area contributed by atoms with E-state index in [0.29, 0.717) is 6.10 Å². The van der Waals surface area contributed by atoms with Gasteiger partial charge in [0.25, 0.3) is 0 Å². The second-order valence-electron chi connectivity index (χ2n) is 4.85. The van der Waals surface area contributed by atoms with Gasteiger partial charge in [0.1, 0.15) is 0 Å². The van der Waals surface area contributed by atoms with Crippen LogP contribution >= 0.6 is 0 Å². The highest BCUT2D eigenvalue weighted by Crippen LogP contribution is 2.21. The summed E-state index contributed by atoms with van der Waals surface area (Å²) in [6, 6.07) is 0. The van der Waals surface area contributed by atoms with Crippen molar-refractivity contribution >= 4 is 0 Å². The molecule has 0 aromatic heterocycles. The van der Waals surface area contributed by atoms with Crippen LogP contribution in [0.15, 0.2) is 0 Å². The fourth-order valence-corrected chi connectivity index (χ4v) is 2.01. The highest BCUT2D eigenvalue weighted by atomic mass is 16.5. The Morgan fingerprint density at radius 2 is 2.14 bits per heavy atom. The van der Waals surface area contributed by atoms with E-state index in [0.717, 1.165) is 44.6 Å². The summed E-state index contributed by atoms with van der Waals surface area (Å²) in [5.41, 5.74) is 0. The third-order valence-electron chi connectivity index (χ3n) is 2.88. The molecule has 0 heterocycles. The minimum atomic E-state index is -0.112. The van der Waals surface area contributed by atoms with Crippen molar-refractivity contribution in [2.75, 3.05) is 6.61 Å². The normalized spacial score (nSPS) is 28.3. The number of aliphatic hydroxyl groups is 1. The van der Waals surface area contributed by atoms with Gasteiger partial charge in [-0.3, -0.25) is 0 Å². The van der Waals surface area contributed by atoms with Gasteiger partial charge in [-0.2, -0.15) is 0 Å². The van der Waals surface area contributed by atoms with Gasteiger partial charge in [0.2, 0.25) is 0 Å². The summed E-state index contributed by atoms with van der Waals surface area (Å²) in [4.78, 5) is 0. The molecule has 0 spiro atoms. The van der Waals surface area contributed by atoms with Crippen molar-refractivity contribution < 1.29 is 9.84 Å². The van der Waals surface area contributed by atoms with Crippen LogP contribution in [0.4, 0.5) is 0 Å². The van der Waals surface area contributed by atoms with Crippen LogP contribution in [0.5, 0.6) is 0 Å². The van der Waals surface area contributed by atoms with E-state index >= 15 is 0 Å². The third kappa shape index (κ3) is 4.97. The lowest BCUT2D eigenvalue weighted by atomic mass is 9.95. The third-order valence-corrected chi connectivity index (χ3v) is 2.88. The molecule has 1 rings (SSSR count). The van der Waals surface area contributed by atoms with Crippen LogP contribution in [0.1, 0.15) is 52.4 Å². The first-order valence-electron chi connectivity index (χ1n) is 5.98. The second-order valence-corrected chi connectivity index (χ2v) is 4.85. The highest BCUT2D eigenvalue weighted by molar-refractivity contribution is 4.72. The van der Waals surface area contributed by atoms with Gasteiger partial charge in [0, 0.05) is 6.61 Å². The quantitative estimate of drug-likeness (QED) is 0.691. The topological polar surface area (TPSA) is 29.5 Å². The molecule has 14 heavy (non-hydrogen) atoms. The monoisotopic (exact) mass is 200 g/mol. The lowest BCUT2D eigenvalue weighted by Crippen LogP contribution is -2.26. The predicted molar refractivity (Wildman–Crippen MR) is 58.3 cm³/mol. The summed E-state index contributed by atoms with van der Waals surface area (Å²) in [5, 5.41) is 9.44. The zero-order valence-corrected chi connectivity index (χ0v) is 9.54. The summed E-state index contributed by atoms with van der Waals surface area (Å²) >= 11 is 0. The van der Waals surface area contributed by atoms with Crippen molar-refractivity contribution in [3.05, 3.63) is 0 Å². The van der Waals surface area contributed by atoms with Crippen LogP contribution in [-0.4, -0.2) is 23.9 Å². The molecule has 1 aliphatic rings. The fraction of sp³-hybridized carbons (Fsp3) is 1.00. The van der Waals surface area contributed by atoms with Crippen LogP contribution < -0.4 is 0 Å². The SMILES string of the molecule is CC(C)CCCOC1CCCC(O)C1. The Kier molecular flexibility index (Phi) is 5.49. The molecule has 1 saturated carbocycles. The zero-order valence-electron chi connectivity index (χ0n) is 9.54. The molecule has 1 fully saturated rings. The number of rotatable bonds is 5. The Balaban J connectivity index is 2.00. The Bertz CT molecular complexity index is 145. The molecule has 1 N–H and O–H groups in total. The molecule has 0 aromatic carbocycles. The van der Waals surface area contributed by atoms with E-state index in [1.165, 1.54) is 6.42 Å². The average Bonchev–Trinajstić information content (AvgIpc) is 2.12. The molecule has 84 valence electrons. The average molecular weight is 200 g/mol. The molecule has 2 nitrogen and oxygen atoms in total. The lowest BCUT2D eigenvalue weighted by Gasteiger charge is -2.26. The van der Waals surface area contributed by atoms with Crippen molar-refractivity contribution in [1.82, 2.24) is 0 Å². The minimum absolute atomic E-state index is 0.112. The summed E-state index contributed by atoms with van der Waals surface area (Å²) in [5.74, 6) is 0.774. The Labute approximate surface area is 87.7 Å². The van der Waals surface area contributed by atoms with E-state index in [9.17, 15) is 5.11 Å². The van der Waals surface area contributed by atoms with E-state index in [1.807, 2.05) is 0 Å². The number of hydrogen-bond donors (Lipinski definition) is 1. The summed E-state index contributed by atoms with van der Waals surface area (Å²) in [6.45, 7) is 5.35. The van der Waals surface area contributed by atoms with Crippen molar-refractivity contribution in [3.63, 3.8) is 0 Å². The minimum Gasteiger partial charge on any atom is -0.393 e. The summed E-state index contributed by atoms with van der Waals surface area (Å²) in [6.07, 6.45) is 6.69. The fourth-order valence-electron chi connectivity index (χ4n) is 2.01. The number of aliphatic hydroxyl groups excluding tert-OH is 1. The van der Waals surface area contributed by atoms with Crippen LogP contribution in [0, 0.1) is 5.92 Å². The maximum Gasteiger partial charge on any atom is 0.0599 e. The van der Waals surface area contributed by atoms with Crippen LogP contribution in [0.3, 0.4) is 0 Å². The molecule has 0 saturated heterocycles. The van der Waals surface area contributed by atoms with E-state index in [2.05, 4.69) is 13.8 Å². The lowest BCUT2D eigenvalue weighted by molar-refractivity contribution is -0.0162. The number of hydrogen-bond acceptors (Lipinski definition) is 2. The van der Waals surface area contributed by atoms with Crippen LogP contribution in [0.2, 0.25) is 0 Å².